The summed E-state index contributed by atoms with van der Waals surface area (Å²) in [5, 5.41) is 8.70. The smallest absolute Gasteiger partial charge is 0.471 e. The molecule has 1 aromatic rings. The lowest BCUT2D eigenvalue weighted by atomic mass is 10.2. The number of alkyl halides is 3. The second kappa shape index (κ2) is 3.97. The summed E-state index contributed by atoms with van der Waals surface area (Å²) in [7, 11) is 0. The number of aromatic carboxylic acids is 1. The van der Waals surface area contributed by atoms with Gasteiger partial charge < -0.3 is 10.0 Å². The molecule has 18 heavy (non-hydrogen) atoms. The summed E-state index contributed by atoms with van der Waals surface area (Å²) in [6.07, 6.45) is -4.84. The molecule has 0 saturated carbocycles. The molecule has 2 rings (SSSR count). The number of pyridine rings is 1. The zero-order valence-electron chi connectivity index (χ0n) is 8.86. The molecule has 0 atom stereocenters. The molecule has 96 valence electrons. The Hall–Kier alpha value is -2.12. The number of amides is 1. The van der Waals surface area contributed by atoms with Gasteiger partial charge in [0.15, 0.2) is 0 Å². The standard InChI is InChI=1S/C10H7F3N2O3/c11-10(12,13)9(18)15-4-3-5-7(15)2-1-6(14-5)8(16)17/h1-2H,3-4H2,(H,16,17). The van der Waals surface area contributed by atoms with Crippen molar-refractivity contribution in [1.29, 1.82) is 0 Å². The lowest BCUT2D eigenvalue weighted by molar-refractivity contribution is -0.170. The minimum atomic E-state index is -4.95. The van der Waals surface area contributed by atoms with Crippen molar-refractivity contribution in [2.45, 2.75) is 12.6 Å². The lowest BCUT2D eigenvalue weighted by Gasteiger charge is -2.18. The summed E-state index contributed by atoms with van der Waals surface area (Å²) in [6.45, 7) is -0.149. The molecule has 8 heteroatoms. The van der Waals surface area contributed by atoms with E-state index < -0.39 is 18.1 Å². The average Bonchev–Trinajstić information content (AvgIpc) is 2.68. The molecule has 0 spiro atoms. The van der Waals surface area contributed by atoms with Crippen LogP contribution in [-0.2, 0) is 11.2 Å². The Balaban J connectivity index is 2.35. The van der Waals surface area contributed by atoms with Crippen LogP contribution < -0.4 is 4.90 Å². The van der Waals surface area contributed by atoms with E-state index in [4.69, 9.17) is 5.11 Å². The van der Waals surface area contributed by atoms with Gasteiger partial charge >= 0.3 is 18.1 Å². The summed E-state index contributed by atoms with van der Waals surface area (Å²) in [4.78, 5) is 26.0. The zero-order chi connectivity index (χ0) is 13.5. The van der Waals surface area contributed by atoms with Crippen LogP contribution in [0.1, 0.15) is 16.2 Å². The Morgan fingerprint density at radius 3 is 2.56 bits per heavy atom. The maximum Gasteiger partial charge on any atom is 0.471 e. The highest BCUT2D eigenvalue weighted by Crippen LogP contribution is 2.30. The van der Waals surface area contributed by atoms with Crippen LogP contribution in [0.3, 0.4) is 0 Å². The van der Waals surface area contributed by atoms with E-state index in [0.717, 1.165) is 6.07 Å². The monoisotopic (exact) mass is 260 g/mol. The van der Waals surface area contributed by atoms with E-state index in [1.54, 1.807) is 0 Å². The highest BCUT2D eigenvalue weighted by Gasteiger charge is 2.45. The van der Waals surface area contributed by atoms with E-state index in [0.29, 0.717) is 4.90 Å². The molecule has 1 N–H and O–H groups in total. The van der Waals surface area contributed by atoms with Crippen molar-refractivity contribution in [2.75, 3.05) is 11.4 Å². The van der Waals surface area contributed by atoms with Crippen molar-refractivity contribution in [1.82, 2.24) is 4.98 Å². The number of carbonyl (C=O) groups excluding carboxylic acids is 1. The first kappa shape index (κ1) is 12.3. The molecule has 0 saturated heterocycles. The summed E-state index contributed by atoms with van der Waals surface area (Å²) in [6, 6.07) is 2.24. The van der Waals surface area contributed by atoms with Crippen molar-refractivity contribution in [3.63, 3.8) is 0 Å². The third-order valence-corrected chi connectivity index (χ3v) is 2.52. The number of halogens is 3. The number of carboxylic acids is 1. The molecule has 0 fully saturated rings. The van der Waals surface area contributed by atoms with Crippen LogP contribution >= 0.6 is 0 Å². The summed E-state index contributed by atoms with van der Waals surface area (Å²) in [5.74, 6) is -3.23. The van der Waals surface area contributed by atoms with Crippen LogP contribution in [0.15, 0.2) is 12.1 Å². The highest BCUT2D eigenvalue weighted by molar-refractivity contribution is 5.99. The van der Waals surface area contributed by atoms with Gasteiger partial charge in [0.05, 0.1) is 11.4 Å². The SMILES string of the molecule is O=C(O)c1ccc2c(n1)CCN2C(=O)C(F)(F)F. The molecule has 0 bridgehead atoms. The van der Waals surface area contributed by atoms with Crippen LogP contribution in [0, 0.1) is 0 Å². The lowest BCUT2D eigenvalue weighted by Crippen LogP contribution is -2.40. The van der Waals surface area contributed by atoms with Crippen LogP contribution in [0.4, 0.5) is 18.9 Å². The zero-order valence-corrected chi connectivity index (χ0v) is 8.86. The second-order valence-corrected chi connectivity index (χ2v) is 3.67. The van der Waals surface area contributed by atoms with Gasteiger partial charge in [-0.1, -0.05) is 0 Å². The van der Waals surface area contributed by atoms with Gasteiger partial charge in [-0.2, -0.15) is 13.2 Å². The molecular weight excluding hydrogens is 253 g/mol. The first-order chi connectivity index (χ1) is 8.30. The summed E-state index contributed by atoms with van der Waals surface area (Å²) >= 11 is 0. The molecule has 1 aliphatic heterocycles. The first-order valence-corrected chi connectivity index (χ1v) is 4.92. The molecule has 2 heterocycles. The van der Waals surface area contributed by atoms with E-state index in [1.807, 2.05) is 0 Å². The Bertz CT molecular complexity index is 528. The number of hydrogen-bond acceptors (Lipinski definition) is 3. The minimum Gasteiger partial charge on any atom is -0.477 e. The van der Waals surface area contributed by atoms with Gasteiger partial charge in [-0.15, -0.1) is 0 Å². The number of anilines is 1. The van der Waals surface area contributed by atoms with Gasteiger partial charge in [-0.05, 0) is 12.1 Å². The Morgan fingerprint density at radius 1 is 1.33 bits per heavy atom. The van der Waals surface area contributed by atoms with Gasteiger partial charge in [0, 0.05) is 13.0 Å². The average molecular weight is 260 g/mol. The predicted octanol–water partition coefficient (Wildman–Crippen LogP) is 1.23. The Morgan fingerprint density at radius 2 is 2.00 bits per heavy atom. The number of fused-ring (bicyclic) bond motifs is 1. The van der Waals surface area contributed by atoms with Gasteiger partial charge in [0.1, 0.15) is 5.69 Å². The van der Waals surface area contributed by atoms with Gasteiger partial charge in [0.2, 0.25) is 0 Å². The molecular formula is C10H7F3N2O3. The van der Waals surface area contributed by atoms with Crippen molar-refractivity contribution < 1.29 is 27.9 Å². The maximum atomic E-state index is 12.3. The van der Waals surface area contributed by atoms with Crippen LogP contribution in [0.5, 0.6) is 0 Å². The Labute approximate surface area is 98.8 Å². The van der Waals surface area contributed by atoms with Crippen molar-refractivity contribution >= 4 is 17.6 Å². The molecule has 1 aliphatic rings. The topological polar surface area (TPSA) is 70.5 Å². The first-order valence-electron chi connectivity index (χ1n) is 4.92. The quantitative estimate of drug-likeness (QED) is 0.824. The van der Waals surface area contributed by atoms with Crippen molar-refractivity contribution in [3.8, 4) is 0 Å². The Kier molecular flexibility index (Phi) is 2.72. The van der Waals surface area contributed by atoms with Gasteiger partial charge in [-0.25, -0.2) is 9.78 Å². The normalized spacial score (nSPS) is 14.5. The van der Waals surface area contributed by atoms with Gasteiger partial charge in [-0.3, -0.25) is 4.79 Å². The largest absolute Gasteiger partial charge is 0.477 e. The van der Waals surface area contributed by atoms with E-state index in [1.165, 1.54) is 6.07 Å². The van der Waals surface area contributed by atoms with Crippen molar-refractivity contribution in [3.05, 3.63) is 23.5 Å². The molecule has 5 nitrogen and oxygen atoms in total. The fourth-order valence-electron chi connectivity index (χ4n) is 1.74. The third kappa shape index (κ3) is 2.01. The molecule has 0 radical (unpaired) electrons. The third-order valence-electron chi connectivity index (χ3n) is 2.52. The molecule has 0 unspecified atom stereocenters. The molecule has 0 aromatic carbocycles. The van der Waals surface area contributed by atoms with Crippen molar-refractivity contribution in [2.24, 2.45) is 0 Å². The highest BCUT2D eigenvalue weighted by atomic mass is 19.4. The van der Waals surface area contributed by atoms with Crippen LogP contribution in [-0.4, -0.2) is 34.7 Å². The van der Waals surface area contributed by atoms with Crippen LogP contribution in [0.25, 0.3) is 0 Å². The maximum absolute atomic E-state index is 12.3. The van der Waals surface area contributed by atoms with E-state index in [2.05, 4.69) is 4.98 Å². The van der Waals surface area contributed by atoms with Gasteiger partial charge in [0.25, 0.3) is 0 Å². The predicted molar refractivity (Wildman–Crippen MR) is 53.3 cm³/mol. The number of carboxylic acid groups (broad SMARTS) is 1. The number of carbonyl (C=O) groups is 2. The second-order valence-electron chi connectivity index (χ2n) is 3.67. The molecule has 0 aliphatic carbocycles. The number of rotatable bonds is 1. The molecule has 1 amide bonds. The van der Waals surface area contributed by atoms with Crippen LogP contribution in [0.2, 0.25) is 0 Å². The summed E-state index contributed by atoms with van der Waals surface area (Å²) in [5.41, 5.74) is -0.0510. The van der Waals surface area contributed by atoms with E-state index in [-0.39, 0.29) is 30.0 Å². The van der Waals surface area contributed by atoms with E-state index >= 15 is 0 Å². The minimum absolute atomic E-state index is 0.0160. The number of hydrogen-bond donors (Lipinski definition) is 1. The number of aromatic nitrogens is 1. The summed E-state index contributed by atoms with van der Waals surface area (Å²) < 4.78 is 36.9. The number of nitrogens with zero attached hydrogens (tertiary/aromatic N) is 2. The van der Waals surface area contributed by atoms with E-state index in [9.17, 15) is 22.8 Å². The fourth-order valence-corrected chi connectivity index (χ4v) is 1.74. The fraction of sp³-hybridized carbons (Fsp3) is 0.300. The molecule has 1 aromatic heterocycles.